The van der Waals surface area contributed by atoms with Gasteiger partial charge in [-0.25, -0.2) is 4.79 Å². The van der Waals surface area contributed by atoms with E-state index < -0.39 is 46.9 Å². The van der Waals surface area contributed by atoms with Crippen LogP contribution in [0.2, 0.25) is 0 Å². The van der Waals surface area contributed by atoms with Gasteiger partial charge in [-0.3, -0.25) is 14.5 Å². The summed E-state index contributed by atoms with van der Waals surface area (Å²) in [5, 5.41) is 26.6. The average Bonchev–Trinajstić information content (AvgIpc) is 3.37. The van der Waals surface area contributed by atoms with Crippen molar-refractivity contribution in [2.24, 2.45) is 5.41 Å². The lowest BCUT2D eigenvalue weighted by molar-refractivity contribution is -0.148. The van der Waals surface area contributed by atoms with Gasteiger partial charge in [-0.05, 0) is 49.4 Å². The van der Waals surface area contributed by atoms with Crippen LogP contribution in [0.15, 0.2) is 60.7 Å². The van der Waals surface area contributed by atoms with Crippen molar-refractivity contribution in [3.8, 4) is 0 Å². The normalized spacial score (nSPS) is 18.3. The SMILES string of the molecule is C[C@@H](NC(=O)C(O)[C@](Cc1ccccc1)(NC(=O)O)C(=O)C(N1CCCC1)C(C)(C)C)c1ccccc1. The summed E-state index contributed by atoms with van der Waals surface area (Å²) in [6.07, 6.45) is -1.77. The molecule has 8 heteroatoms. The van der Waals surface area contributed by atoms with E-state index in [1.807, 2.05) is 62.1 Å². The van der Waals surface area contributed by atoms with Crippen molar-refractivity contribution in [3.05, 3.63) is 71.8 Å². The summed E-state index contributed by atoms with van der Waals surface area (Å²) in [7, 11) is 0. The quantitative estimate of drug-likeness (QED) is 0.389. The molecular formula is C29H39N3O5. The molecule has 8 nitrogen and oxygen atoms in total. The third-order valence-corrected chi connectivity index (χ3v) is 7.04. The Morgan fingerprint density at radius 2 is 1.49 bits per heavy atom. The fourth-order valence-electron chi connectivity index (χ4n) is 5.29. The molecule has 0 aromatic heterocycles. The van der Waals surface area contributed by atoms with Crippen LogP contribution in [0.25, 0.3) is 0 Å². The summed E-state index contributed by atoms with van der Waals surface area (Å²) < 4.78 is 0. The minimum Gasteiger partial charge on any atom is -0.465 e. The molecule has 2 aromatic rings. The molecular weight excluding hydrogens is 470 g/mol. The number of amides is 2. The van der Waals surface area contributed by atoms with E-state index in [0.29, 0.717) is 18.7 Å². The van der Waals surface area contributed by atoms with Gasteiger partial charge in [0.25, 0.3) is 5.91 Å². The first-order valence-electron chi connectivity index (χ1n) is 12.8. The smallest absolute Gasteiger partial charge is 0.405 e. The number of Topliss-reactive ketones (excluding diaryl/α,β-unsaturated/α-hetero) is 1. The third kappa shape index (κ3) is 6.76. The fourth-order valence-corrected chi connectivity index (χ4v) is 5.29. The van der Waals surface area contributed by atoms with E-state index in [0.717, 1.165) is 18.4 Å². The molecule has 1 heterocycles. The summed E-state index contributed by atoms with van der Waals surface area (Å²) in [5.74, 6) is -1.33. The van der Waals surface area contributed by atoms with Gasteiger partial charge >= 0.3 is 6.09 Å². The Kier molecular flexibility index (Phi) is 9.10. The fraction of sp³-hybridized carbons (Fsp3) is 0.483. The van der Waals surface area contributed by atoms with E-state index in [9.17, 15) is 24.6 Å². The minimum atomic E-state index is -2.10. The lowest BCUT2D eigenvalue weighted by atomic mass is 9.71. The Hall–Kier alpha value is -3.23. The molecule has 2 amide bonds. The molecule has 0 radical (unpaired) electrons. The van der Waals surface area contributed by atoms with E-state index >= 15 is 0 Å². The molecule has 4 N–H and O–H groups in total. The molecule has 37 heavy (non-hydrogen) atoms. The summed E-state index contributed by atoms with van der Waals surface area (Å²) in [6, 6.07) is 16.9. The number of aliphatic hydroxyl groups is 1. The summed E-state index contributed by atoms with van der Waals surface area (Å²) >= 11 is 0. The maximum Gasteiger partial charge on any atom is 0.405 e. The van der Waals surface area contributed by atoms with Crippen molar-refractivity contribution < 1.29 is 24.6 Å². The van der Waals surface area contributed by atoms with E-state index in [1.165, 1.54) is 0 Å². The zero-order valence-corrected chi connectivity index (χ0v) is 22.1. The number of carbonyl (C=O) groups excluding carboxylic acids is 2. The van der Waals surface area contributed by atoms with Gasteiger partial charge in [-0.1, -0.05) is 81.4 Å². The van der Waals surface area contributed by atoms with Gasteiger partial charge in [0.05, 0.1) is 12.1 Å². The summed E-state index contributed by atoms with van der Waals surface area (Å²) in [6.45, 7) is 8.92. The Bertz CT molecular complexity index is 1060. The molecule has 0 aliphatic carbocycles. The van der Waals surface area contributed by atoms with Crippen LogP contribution in [-0.2, 0) is 16.0 Å². The van der Waals surface area contributed by atoms with Crippen molar-refractivity contribution in [2.45, 2.75) is 70.7 Å². The van der Waals surface area contributed by atoms with E-state index in [2.05, 4.69) is 10.6 Å². The van der Waals surface area contributed by atoms with Gasteiger partial charge in [0.1, 0.15) is 5.54 Å². The number of nitrogens with zero attached hydrogens (tertiary/aromatic N) is 1. The first-order valence-corrected chi connectivity index (χ1v) is 12.8. The number of aliphatic hydroxyl groups excluding tert-OH is 1. The van der Waals surface area contributed by atoms with Crippen molar-refractivity contribution in [2.75, 3.05) is 13.1 Å². The molecule has 2 unspecified atom stereocenters. The van der Waals surface area contributed by atoms with Crippen LogP contribution >= 0.6 is 0 Å². The number of hydrogen-bond donors (Lipinski definition) is 4. The van der Waals surface area contributed by atoms with Crippen LogP contribution in [0.4, 0.5) is 4.79 Å². The highest BCUT2D eigenvalue weighted by Gasteiger charge is 2.55. The highest BCUT2D eigenvalue weighted by Crippen LogP contribution is 2.34. The lowest BCUT2D eigenvalue weighted by Gasteiger charge is -2.45. The van der Waals surface area contributed by atoms with Crippen LogP contribution in [0.3, 0.4) is 0 Å². The van der Waals surface area contributed by atoms with Gasteiger partial charge in [0, 0.05) is 6.42 Å². The number of carbonyl (C=O) groups is 3. The lowest BCUT2D eigenvalue weighted by Crippen LogP contribution is -2.71. The number of ketones is 1. The molecule has 4 atom stereocenters. The molecule has 0 spiro atoms. The maximum atomic E-state index is 14.5. The largest absolute Gasteiger partial charge is 0.465 e. The van der Waals surface area contributed by atoms with E-state index in [-0.39, 0.29) is 6.42 Å². The maximum absolute atomic E-state index is 14.5. The predicted molar refractivity (Wildman–Crippen MR) is 142 cm³/mol. The third-order valence-electron chi connectivity index (χ3n) is 7.04. The van der Waals surface area contributed by atoms with Crippen LogP contribution in [0.1, 0.15) is 57.7 Å². The summed E-state index contributed by atoms with van der Waals surface area (Å²) in [5.41, 5.74) is -1.23. The van der Waals surface area contributed by atoms with Gasteiger partial charge in [0.2, 0.25) is 0 Å². The van der Waals surface area contributed by atoms with Gasteiger partial charge in [0.15, 0.2) is 11.9 Å². The van der Waals surface area contributed by atoms with Crippen molar-refractivity contribution >= 4 is 17.8 Å². The Balaban J connectivity index is 2.07. The van der Waals surface area contributed by atoms with E-state index in [4.69, 9.17) is 0 Å². The standard InChI is InChI=1S/C29H39N3O5/c1-20(22-15-9-6-10-16-22)30-26(35)25(34)29(31-27(36)37,19-21-13-7-5-8-14-21)24(33)23(28(2,3)4)32-17-11-12-18-32/h5-10,13-16,20,23,25,31,34H,11-12,17-19H2,1-4H3,(H,30,35)(H,36,37)/t20-,23?,25?,29-/m1/s1. The van der Waals surface area contributed by atoms with Gasteiger partial charge in [-0.2, -0.15) is 0 Å². The highest BCUT2D eigenvalue weighted by molar-refractivity contribution is 6.02. The number of likely N-dealkylation sites (tertiary alicyclic amines) is 1. The number of hydrogen-bond acceptors (Lipinski definition) is 5. The molecule has 1 saturated heterocycles. The second kappa shape index (κ2) is 11.9. The Labute approximate surface area is 219 Å². The van der Waals surface area contributed by atoms with Crippen molar-refractivity contribution in [1.29, 1.82) is 0 Å². The molecule has 2 aromatic carbocycles. The monoisotopic (exact) mass is 509 g/mol. The topological polar surface area (TPSA) is 119 Å². The molecule has 0 saturated carbocycles. The first-order chi connectivity index (χ1) is 17.5. The van der Waals surface area contributed by atoms with Gasteiger partial charge in [-0.15, -0.1) is 0 Å². The second-order valence-electron chi connectivity index (χ2n) is 11.0. The Morgan fingerprint density at radius 3 is 2.00 bits per heavy atom. The van der Waals surface area contributed by atoms with E-state index in [1.54, 1.807) is 31.2 Å². The van der Waals surface area contributed by atoms with Crippen molar-refractivity contribution in [1.82, 2.24) is 15.5 Å². The molecule has 1 aliphatic heterocycles. The molecule has 200 valence electrons. The molecule has 1 aliphatic rings. The zero-order valence-electron chi connectivity index (χ0n) is 22.1. The number of nitrogens with one attached hydrogen (secondary N) is 2. The van der Waals surface area contributed by atoms with Crippen molar-refractivity contribution in [3.63, 3.8) is 0 Å². The van der Waals surface area contributed by atoms with Crippen LogP contribution in [0, 0.1) is 5.41 Å². The van der Waals surface area contributed by atoms with Gasteiger partial charge < -0.3 is 20.8 Å². The predicted octanol–water partition coefficient (Wildman–Crippen LogP) is 3.55. The molecule has 0 bridgehead atoms. The summed E-state index contributed by atoms with van der Waals surface area (Å²) in [4.78, 5) is 42.2. The first kappa shape index (κ1) is 28.3. The number of carboxylic acid groups (broad SMARTS) is 1. The Morgan fingerprint density at radius 1 is 0.946 bits per heavy atom. The number of benzene rings is 2. The average molecular weight is 510 g/mol. The second-order valence-corrected chi connectivity index (χ2v) is 11.0. The molecule has 3 rings (SSSR count). The van der Waals surface area contributed by atoms with Crippen LogP contribution < -0.4 is 10.6 Å². The number of rotatable bonds is 10. The molecule has 1 fully saturated rings. The zero-order chi connectivity index (χ0) is 27.2. The van der Waals surface area contributed by atoms with Crippen LogP contribution in [-0.4, -0.2) is 63.7 Å². The minimum absolute atomic E-state index is 0.173. The van der Waals surface area contributed by atoms with Crippen LogP contribution in [0.5, 0.6) is 0 Å². The highest BCUT2D eigenvalue weighted by atomic mass is 16.4.